The first-order valence-corrected chi connectivity index (χ1v) is 4.74. The van der Waals surface area contributed by atoms with Crippen molar-refractivity contribution in [3.05, 3.63) is 0 Å². The van der Waals surface area contributed by atoms with E-state index in [0.29, 0.717) is 6.10 Å². The van der Waals surface area contributed by atoms with Crippen LogP contribution < -0.4 is 5.32 Å². The molecule has 1 spiro atoms. The number of hydrogen-bond donors (Lipinski definition) is 1. The molecule has 11 heavy (non-hydrogen) atoms. The molecular weight excluding hydrogens is 138 g/mol. The highest BCUT2D eigenvalue weighted by Crippen LogP contribution is 2.34. The number of ether oxygens (including phenoxy) is 1. The zero-order valence-electron chi connectivity index (χ0n) is 7.23. The first-order valence-electron chi connectivity index (χ1n) is 4.74. The van der Waals surface area contributed by atoms with Gasteiger partial charge in [-0.25, -0.2) is 0 Å². The van der Waals surface area contributed by atoms with Gasteiger partial charge in [-0.1, -0.05) is 0 Å². The third kappa shape index (κ3) is 1.42. The van der Waals surface area contributed by atoms with Crippen molar-refractivity contribution in [1.82, 2.24) is 5.32 Å². The van der Waals surface area contributed by atoms with Gasteiger partial charge in [0.05, 0.1) is 6.10 Å². The Morgan fingerprint density at radius 2 is 2.27 bits per heavy atom. The standard InChI is InChI=1S/C9H17NO/c1-8-4-6-9(11-8)5-2-3-7-10-9/h8,10H,2-7H2,1H3. The molecular formula is C9H17NO. The second-order valence-electron chi connectivity index (χ2n) is 3.85. The van der Waals surface area contributed by atoms with Gasteiger partial charge in [-0.15, -0.1) is 0 Å². The Hall–Kier alpha value is -0.0800. The largest absolute Gasteiger partial charge is 0.358 e. The summed E-state index contributed by atoms with van der Waals surface area (Å²) in [6.45, 7) is 3.32. The smallest absolute Gasteiger partial charge is 0.119 e. The van der Waals surface area contributed by atoms with E-state index in [1.54, 1.807) is 0 Å². The fourth-order valence-corrected chi connectivity index (χ4v) is 2.19. The van der Waals surface area contributed by atoms with Crippen molar-refractivity contribution in [2.75, 3.05) is 6.54 Å². The summed E-state index contributed by atoms with van der Waals surface area (Å²) in [5.41, 5.74) is 0.0949. The fourth-order valence-electron chi connectivity index (χ4n) is 2.19. The maximum atomic E-state index is 5.88. The molecule has 0 aromatic rings. The molecule has 2 saturated heterocycles. The van der Waals surface area contributed by atoms with Gasteiger partial charge >= 0.3 is 0 Å². The molecule has 1 N–H and O–H groups in total. The Balaban J connectivity index is 1.98. The first kappa shape index (κ1) is 7.56. The monoisotopic (exact) mass is 155 g/mol. The van der Waals surface area contributed by atoms with Gasteiger partial charge in [0.1, 0.15) is 5.72 Å². The van der Waals surface area contributed by atoms with E-state index in [2.05, 4.69) is 12.2 Å². The molecule has 2 nitrogen and oxygen atoms in total. The second kappa shape index (κ2) is 2.76. The van der Waals surface area contributed by atoms with Crippen LogP contribution in [0.2, 0.25) is 0 Å². The third-order valence-electron chi connectivity index (χ3n) is 2.84. The average Bonchev–Trinajstić information content (AvgIpc) is 2.34. The van der Waals surface area contributed by atoms with Crippen molar-refractivity contribution in [2.24, 2.45) is 0 Å². The molecule has 64 valence electrons. The Labute approximate surface area is 68.3 Å². The van der Waals surface area contributed by atoms with Crippen molar-refractivity contribution in [2.45, 2.75) is 50.9 Å². The van der Waals surface area contributed by atoms with Gasteiger partial charge in [0.2, 0.25) is 0 Å². The van der Waals surface area contributed by atoms with Crippen molar-refractivity contribution in [1.29, 1.82) is 0 Å². The summed E-state index contributed by atoms with van der Waals surface area (Å²) in [6.07, 6.45) is 6.79. The first-order chi connectivity index (χ1) is 5.31. The van der Waals surface area contributed by atoms with Crippen molar-refractivity contribution < 1.29 is 4.74 Å². The van der Waals surface area contributed by atoms with Crippen LogP contribution in [0.15, 0.2) is 0 Å². The highest BCUT2D eigenvalue weighted by Gasteiger charge is 2.38. The van der Waals surface area contributed by atoms with E-state index < -0.39 is 0 Å². The van der Waals surface area contributed by atoms with Gasteiger partial charge in [-0.2, -0.15) is 0 Å². The lowest BCUT2D eigenvalue weighted by Crippen LogP contribution is -2.48. The zero-order valence-corrected chi connectivity index (χ0v) is 7.23. The minimum atomic E-state index is 0.0949. The predicted molar refractivity (Wildman–Crippen MR) is 44.4 cm³/mol. The minimum Gasteiger partial charge on any atom is -0.358 e. The number of piperidine rings is 1. The summed E-state index contributed by atoms with van der Waals surface area (Å²) in [5, 5.41) is 3.50. The molecule has 2 aliphatic rings. The van der Waals surface area contributed by atoms with Crippen LogP contribution in [0.25, 0.3) is 0 Å². The minimum absolute atomic E-state index is 0.0949. The van der Waals surface area contributed by atoms with Gasteiger partial charge in [0.25, 0.3) is 0 Å². The Morgan fingerprint density at radius 3 is 2.82 bits per heavy atom. The molecule has 2 unspecified atom stereocenters. The number of nitrogens with one attached hydrogen (secondary N) is 1. The maximum absolute atomic E-state index is 5.88. The molecule has 0 aromatic heterocycles. The van der Waals surface area contributed by atoms with Crippen molar-refractivity contribution in [3.8, 4) is 0 Å². The molecule has 0 amide bonds. The van der Waals surface area contributed by atoms with Crippen LogP contribution in [0.3, 0.4) is 0 Å². The SMILES string of the molecule is CC1CCC2(CCCCN2)O1. The summed E-state index contributed by atoms with van der Waals surface area (Å²) < 4.78 is 5.88. The number of hydrogen-bond acceptors (Lipinski definition) is 2. The molecule has 0 aliphatic carbocycles. The molecule has 2 aliphatic heterocycles. The van der Waals surface area contributed by atoms with Crippen LogP contribution in [0.1, 0.15) is 39.0 Å². The molecule has 0 saturated carbocycles. The quantitative estimate of drug-likeness (QED) is 0.574. The van der Waals surface area contributed by atoms with Crippen molar-refractivity contribution >= 4 is 0 Å². The topological polar surface area (TPSA) is 21.3 Å². The lowest BCUT2D eigenvalue weighted by Gasteiger charge is -2.34. The van der Waals surface area contributed by atoms with E-state index in [9.17, 15) is 0 Å². The normalized spacial score (nSPS) is 45.0. The molecule has 2 rings (SSSR count). The Morgan fingerprint density at radius 1 is 1.36 bits per heavy atom. The lowest BCUT2D eigenvalue weighted by atomic mass is 9.98. The van der Waals surface area contributed by atoms with E-state index in [1.165, 1.54) is 32.1 Å². The van der Waals surface area contributed by atoms with Crippen LogP contribution >= 0.6 is 0 Å². The molecule has 0 aromatic carbocycles. The van der Waals surface area contributed by atoms with E-state index >= 15 is 0 Å². The summed E-state index contributed by atoms with van der Waals surface area (Å²) in [7, 11) is 0. The summed E-state index contributed by atoms with van der Waals surface area (Å²) in [6, 6.07) is 0. The molecule has 2 heteroatoms. The Bertz CT molecular complexity index is 135. The Kier molecular flexibility index (Phi) is 1.90. The highest BCUT2D eigenvalue weighted by atomic mass is 16.5. The second-order valence-corrected chi connectivity index (χ2v) is 3.85. The van der Waals surface area contributed by atoms with Crippen LogP contribution in [-0.2, 0) is 4.74 Å². The molecule has 2 heterocycles. The molecule has 2 atom stereocenters. The van der Waals surface area contributed by atoms with E-state index in [-0.39, 0.29) is 5.72 Å². The van der Waals surface area contributed by atoms with Gasteiger partial charge in [-0.3, -0.25) is 5.32 Å². The van der Waals surface area contributed by atoms with E-state index in [0.717, 1.165) is 6.54 Å². The highest BCUT2D eigenvalue weighted by molar-refractivity contribution is 4.87. The molecule has 0 radical (unpaired) electrons. The molecule has 2 fully saturated rings. The average molecular weight is 155 g/mol. The lowest BCUT2D eigenvalue weighted by molar-refractivity contribution is -0.0741. The van der Waals surface area contributed by atoms with Crippen LogP contribution in [0.4, 0.5) is 0 Å². The third-order valence-corrected chi connectivity index (χ3v) is 2.84. The van der Waals surface area contributed by atoms with E-state index in [1.807, 2.05) is 0 Å². The van der Waals surface area contributed by atoms with Gasteiger partial charge in [-0.05, 0) is 45.6 Å². The van der Waals surface area contributed by atoms with Gasteiger partial charge in [0, 0.05) is 0 Å². The van der Waals surface area contributed by atoms with Crippen LogP contribution in [-0.4, -0.2) is 18.4 Å². The summed E-state index contributed by atoms with van der Waals surface area (Å²) >= 11 is 0. The summed E-state index contributed by atoms with van der Waals surface area (Å²) in [5.74, 6) is 0. The van der Waals surface area contributed by atoms with Crippen LogP contribution in [0.5, 0.6) is 0 Å². The van der Waals surface area contributed by atoms with Crippen molar-refractivity contribution in [3.63, 3.8) is 0 Å². The van der Waals surface area contributed by atoms with Gasteiger partial charge in [0.15, 0.2) is 0 Å². The number of rotatable bonds is 0. The summed E-state index contributed by atoms with van der Waals surface area (Å²) in [4.78, 5) is 0. The predicted octanol–water partition coefficient (Wildman–Crippen LogP) is 1.66. The van der Waals surface area contributed by atoms with E-state index in [4.69, 9.17) is 4.74 Å². The van der Waals surface area contributed by atoms with Crippen LogP contribution in [0, 0.1) is 0 Å². The molecule has 0 bridgehead atoms. The fraction of sp³-hybridized carbons (Fsp3) is 1.00. The maximum Gasteiger partial charge on any atom is 0.119 e. The zero-order chi connectivity index (χ0) is 7.73. The van der Waals surface area contributed by atoms with Gasteiger partial charge < -0.3 is 4.74 Å².